The highest BCUT2D eigenvalue weighted by Crippen LogP contribution is 1.99. The highest BCUT2D eigenvalue weighted by molar-refractivity contribution is 5.69. The van der Waals surface area contributed by atoms with E-state index in [0.29, 0.717) is 5.76 Å². The Hall–Kier alpha value is -1.25. The summed E-state index contributed by atoms with van der Waals surface area (Å²) in [5.41, 5.74) is 0. The van der Waals surface area contributed by atoms with Crippen molar-refractivity contribution in [3.05, 3.63) is 24.2 Å². The molecule has 0 saturated heterocycles. The third kappa shape index (κ3) is 2.35. The molecule has 0 radical (unpaired) electrons. The normalized spacial score (nSPS) is 8.40. The van der Waals surface area contributed by atoms with Crippen LogP contribution in [0.4, 0.5) is 0 Å². The van der Waals surface area contributed by atoms with Gasteiger partial charge in [-0.2, -0.15) is 0 Å². The molecule has 0 aromatic carbocycles. The molecule has 1 rings (SSSR count). The Morgan fingerprint density at radius 2 is 2.40 bits per heavy atom. The van der Waals surface area contributed by atoms with E-state index in [4.69, 9.17) is 9.52 Å². The molecule has 0 fully saturated rings. The predicted molar refractivity (Wildman–Crippen MR) is 36.8 cm³/mol. The first-order valence-corrected chi connectivity index (χ1v) is 2.53. The molecular formula is C7H10O3. The molecule has 3 nitrogen and oxygen atoms in total. The van der Waals surface area contributed by atoms with Crippen LogP contribution >= 0.6 is 0 Å². The second-order valence-corrected chi connectivity index (χ2v) is 1.65. The molecule has 1 aromatic heterocycles. The monoisotopic (exact) mass is 142 g/mol. The van der Waals surface area contributed by atoms with Crippen LogP contribution in [0.2, 0.25) is 0 Å². The molecule has 3 heteroatoms. The third-order valence-corrected chi connectivity index (χ3v) is 0.906. The lowest BCUT2D eigenvalue weighted by Crippen LogP contribution is -1.97. The van der Waals surface area contributed by atoms with Crippen LogP contribution in [0.15, 0.2) is 22.8 Å². The number of rotatable bonds is 2. The molecule has 0 aliphatic carbocycles. The highest BCUT2D eigenvalue weighted by Gasteiger charge is 2.00. The Bertz CT molecular complexity index is 189. The van der Waals surface area contributed by atoms with Gasteiger partial charge in [0, 0.05) is 0 Å². The Labute approximate surface area is 59.3 Å². The minimum absolute atomic E-state index is 0. The number of furan rings is 1. The second kappa shape index (κ2) is 3.71. The van der Waals surface area contributed by atoms with Gasteiger partial charge in [0.1, 0.15) is 12.2 Å². The minimum Gasteiger partial charge on any atom is -0.481 e. The molecule has 56 valence electrons. The number of carboxylic acids is 1. The van der Waals surface area contributed by atoms with Crippen LogP contribution in [-0.4, -0.2) is 11.1 Å². The Balaban J connectivity index is 0.000000810. The van der Waals surface area contributed by atoms with Crippen molar-refractivity contribution in [2.45, 2.75) is 13.8 Å². The van der Waals surface area contributed by atoms with Crippen LogP contribution in [0, 0.1) is 0 Å². The molecule has 10 heavy (non-hydrogen) atoms. The van der Waals surface area contributed by atoms with Gasteiger partial charge in [0.05, 0.1) is 6.26 Å². The topological polar surface area (TPSA) is 50.4 Å². The summed E-state index contributed by atoms with van der Waals surface area (Å²) in [6.07, 6.45) is 1.42. The zero-order valence-electron chi connectivity index (χ0n) is 4.70. The average molecular weight is 142 g/mol. The van der Waals surface area contributed by atoms with E-state index in [1.165, 1.54) is 6.26 Å². The summed E-state index contributed by atoms with van der Waals surface area (Å²) < 4.78 is 4.76. The van der Waals surface area contributed by atoms with E-state index in [1.54, 1.807) is 12.1 Å². The third-order valence-electron chi connectivity index (χ3n) is 0.906. The van der Waals surface area contributed by atoms with Crippen molar-refractivity contribution in [3.8, 4) is 0 Å². The molecule has 0 spiro atoms. The van der Waals surface area contributed by atoms with Crippen molar-refractivity contribution in [2.75, 3.05) is 0 Å². The molecule has 0 bridgehead atoms. The summed E-state index contributed by atoms with van der Waals surface area (Å²) in [6.45, 7) is 0. The van der Waals surface area contributed by atoms with Gasteiger partial charge < -0.3 is 9.52 Å². The summed E-state index contributed by atoms with van der Waals surface area (Å²) in [5.74, 6) is -0.382. The van der Waals surface area contributed by atoms with Gasteiger partial charge in [0.25, 0.3) is 0 Å². The van der Waals surface area contributed by atoms with E-state index in [0.717, 1.165) is 0 Å². The van der Waals surface area contributed by atoms with Gasteiger partial charge in [-0.1, -0.05) is 7.43 Å². The number of hydrogen-bond donors (Lipinski definition) is 1. The van der Waals surface area contributed by atoms with Crippen LogP contribution < -0.4 is 0 Å². The van der Waals surface area contributed by atoms with E-state index >= 15 is 0 Å². The van der Waals surface area contributed by atoms with Gasteiger partial charge in [-0.3, -0.25) is 4.79 Å². The molecule has 0 aliphatic heterocycles. The fourth-order valence-corrected chi connectivity index (χ4v) is 0.562. The minimum atomic E-state index is -0.870. The van der Waals surface area contributed by atoms with Gasteiger partial charge in [0.2, 0.25) is 0 Å². The van der Waals surface area contributed by atoms with Gasteiger partial charge in [0.15, 0.2) is 0 Å². The number of hydrogen-bond acceptors (Lipinski definition) is 2. The molecule has 1 N–H and O–H groups in total. The first kappa shape index (κ1) is 8.75. The maximum Gasteiger partial charge on any atom is 0.311 e. The largest absolute Gasteiger partial charge is 0.481 e. The van der Waals surface area contributed by atoms with Crippen LogP contribution in [0.5, 0.6) is 0 Å². The van der Waals surface area contributed by atoms with E-state index in [1.807, 2.05) is 0 Å². The zero-order chi connectivity index (χ0) is 6.69. The summed E-state index contributed by atoms with van der Waals surface area (Å²) in [5, 5.41) is 8.23. The standard InChI is InChI=1S/C6H6O3.CH4/c7-6(8)4-5-2-1-3-9-5;/h1-3H,4H2,(H,7,8);1H4. The van der Waals surface area contributed by atoms with Crippen molar-refractivity contribution >= 4 is 5.97 Å². The quantitative estimate of drug-likeness (QED) is 0.681. The van der Waals surface area contributed by atoms with Crippen molar-refractivity contribution in [1.82, 2.24) is 0 Å². The van der Waals surface area contributed by atoms with Crippen molar-refractivity contribution in [2.24, 2.45) is 0 Å². The van der Waals surface area contributed by atoms with Gasteiger partial charge >= 0.3 is 5.97 Å². The van der Waals surface area contributed by atoms with Crippen LogP contribution in [-0.2, 0) is 11.2 Å². The van der Waals surface area contributed by atoms with Crippen LogP contribution in [0.25, 0.3) is 0 Å². The number of carboxylic acid groups (broad SMARTS) is 1. The fraction of sp³-hybridized carbons (Fsp3) is 0.286. The first-order chi connectivity index (χ1) is 4.29. The Morgan fingerprint density at radius 1 is 1.70 bits per heavy atom. The molecular weight excluding hydrogens is 132 g/mol. The molecule has 1 heterocycles. The van der Waals surface area contributed by atoms with E-state index < -0.39 is 5.97 Å². The smallest absolute Gasteiger partial charge is 0.311 e. The van der Waals surface area contributed by atoms with Gasteiger partial charge in [-0.25, -0.2) is 0 Å². The van der Waals surface area contributed by atoms with Crippen LogP contribution in [0.1, 0.15) is 13.2 Å². The first-order valence-electron chi connectivity index (χ1n) is 2.53. The average Bonchev–Trinajstić information content (AvgIpc) is 2.15. The van der Waals surface area contributed by atoms with Crippen molar-refractivity contribution in [3.63, 3.8) is 0 Å². The number of aliphatic carboxylic acids is 1. The lowest BCUT2D eigenvalue weighted by atomic mass is 10.3. The van der Waals surface area contributed by atoms with Crippen molar-refractivity contribution in [1.29, 1.82) is 0 Å². The molecule has 0 aliphatic rings. The second-order valence-electron chi connectivity index (χ2n) is 1.65. The predicted octanol–water partition coefficient (Wildman–Crippen LogP) is 1.54. The summed E-state index contributed by atoms with van der Waals surface area (Å²) in [6, 6.07) is 3.30. The highest BCUT2D eigenvalue weighted by atomic mass is 16.4. The summed E-state index contributed by atoms with van der Waals surface area (Å²) in [7, 11) is 0. The Morgan fingerprint density at radius 3 is 2.80 bits per heavy atom. The van der Waals surface area contributed by atoms with E-state index in [-0.39, 0.29) is 13.8 Å². The maximum atomic E-state index is 10.0. The lowest BCUT2D eigenvalue weighted by molar-refractivity contribution is -0.136. The SMILES string of the molecule is C.O=C(O)Cc1ccco1. The zero-order valence-corrected chi connectivity index (χ0v) is 4.70. The van der Waals surface area contributed by atoms with Gasteiger partial charge in [-0.15, -0.1) is 0 Å². The van der Waals surface area contributed by atoms with Crippen molar-refractivity contribution < 1.29 is 14.3 Å². The maximum absolute atomic E-state index is 10.0. The fourth-order valence-electron chi connectivity index (χ4n) is 0.562. The molecule has 1 aromatic rings. The molecule has 0 amide bonds. The Kier molecular flexibility index (Phi) is 3.25. The van der Waals surface area contributed by atoms with E-state index in [9.17, 15) is 4.79 Å². The van der Waals surface area contributed by atoms with Gasteiger partial charge in [-0.05, 0) is 12.1 Å². The molecule has 0 saturated carbocycles. The summed E-state index contributed by atoms with van der Waals surface area (Å²) in [4.78, 5) is 10.0. The van der Waals surface area contributed by atoms with Crippen LogP contribution in [0.3, 0.4) is 0 Å². The summed E-state index contributed by atoms with van der Waals surface area (Å²) >= 11 is 0. The molecule has 0 atom stereocenters. The lowest BCUT2D eigenvalue weighted by Gasteiger charge is -1.85. The molecule has 0 unspecified atom stereocenters. The number of carbonyl (C=O) groups is 1. The van der Waals surface area contributed by atoms with E-state index in [2.05, 4.69) is 0 Å².